The van der Waals surface area contributed by atoms with Crippen molar-refractivity contribution in [1.29, 1.82) is 0 Å². The Kier molecular flexibility index (Phi) is 4.39. The molecule has 1 fully saturated rings. The summed E-state index contributed by atoms with van der Waals surface area (Å²) in [5.41, 5.74) is 3.72. The Labute approximate surface area is 136 Å². The average Bonchev–Trinajstić information content (AvgIpc) is 2.92. The van der Waals surface area contributed by atoms with Gasteiger partial charge >= 0.3 is 0 Å². The van der Waals surface area contributed by atoms with Gasteiger partial charge in [0.2, 0.25) is 0 Å². The number of carbonyl (C=O) groups is 1. The number of H-pyrrole nitrogens is 1. The summed E-state index contributed by atoms with van der Waals surface area (Å²) >= 11 is 0. The first-order valence-corrected chi connectivity index (χ1v) is 7.92. The van der Waals surface area contributed by atoms with Crippen LogP contribution in [0.5, 0.6) is 5.75 Å². The number of amides is 1. The van der Waals surface area contributed by atoms with Gasteiger partial charge in [0, 0.05) is 30.9 Å². The number of aryl methyl sites for hydroxylation is 2. The van der Waals surface area contributed by atoms with Crippen molar-refractivity contribution in [3.8, 4) is 5.75 Å². The summed E-state index contributed by atoms with van der Waals surface area (Å²) in [6, 6.07) is 9.88. The van der Waals surface area contributed by atoms with E-state index in [-0.39, 0.29) is 11.9 Å². The molecule has 5 heteroatoms. The Balaban J connectivity index is 1.96. The highest BCUT2D eigenvalue weighted by molar-refractivity contribution is 5.94. The highest BCUT2D eigenvalue weighted by Gasteiger charge is 2.31. The zero-order valence-electron chi connectivity index (χ0n) is 13.8. The molecule has 0 spiro atoms. The molecule has 5 nitrogen and oxygen atoms in total. The van der Waals surface area contributed by atoms with Crippen molar-refractivity contribution >= 4 is 5.91 Å². The molecule has 2 heterocycles. The van der Waals surface area contributed by atoms with Crippen LogP contribution in [0.25, 0.3) is 0 Å². The van der Waals surface area contributed by atoms with Gasteiger partial charge in [0.15, 0.2) is 0 Å². The summed E-state index contributed by atoms with van der Waals surface area (Å²) in [4.78, 5) is 18.2. The van der Waals surface area contributed by atoms with E-state index in [4.69, 9.17) is 4.74 Å². The third-order valence-electron chi connectivity index (χ3n) is 4.37. The zero-order chi connectivity index (χ0) is 16.4. The maximum absolute atomic E-state index is 13.0. The monoisotopic (exact) mass is 313 g/mol. The first kappa shape index (κ1) is 15.6. The van der Waals surface area contributed by atoms with Crippen molar-refractivity contribution < 1.29 is 9.53 Å². The highest BCUT2D eigenvalue weighted by Crippen LogP contribution is 2.31. The summed E-state index contributed by atoms with van der Waals surface area (Å²) in [7, 11) is 1.67. The maximum atomic E-state index is 13.0. The molecular formula is C18H23N3O2. The molecule has 1 aliphatic rings. The first-order valence-electron chi connectivity index (χ1n) is 7.92. The number of piperazine rings is 1. The molecule has 1 saturated heterocycles. The van der Waals surface area contributed by atoms with Crippen LogP contribution in [-0.4, -0.2) is 42.5 Å². The van der Waals surface area contributed by atoms with E-state index >= 15 is 0 Å². The SMILES string of the molecule is COc1ccccc1C1CNCCN1C(=O)c1[nH]c(C)cc1C. The lowest BCUT2D eigenvalue weighted by Crippen LogP contribution is -2.49. The molecule has 0 saturated carbocycles. The lowest BCUT2D eigenvalue weighted by atomic mass is 10.0. The molecule has 1 aromatic carbocycles. The van der Waals surface area contributed by atoms with Gasteiger partial charge in [0.1, 0.15) is 11.4 Å². The van der Waals surface area contributed by atoms with E-state index in [1.807, 2.05) is 49.1 Å². The Bertz CT molecular complexity index is 708. The van der Waals surface area contributed by atoms with Gasteiger partial charge in [-0.25, -0.2) is 0 Å². The molecule has 0 aliphatic carbocycles. The van der Waals surface area contributed by atoms with Gasteiger partial charge in [-0.15, -0.1) is 0 Å². The van der Waals surface area contributed by atoms with Crippen LogP contribution >= 0.6 is 0 Å². The fourth-order valence-corrected chi connectivity index (χ4v) is 3.26. The second-order valence-electron chi connectivity index (χ2n) is 5.97. The van der Waals surface area contributed by atoms with E-state index in [2.05, 4.69) is 10.3 Å². The lowest BCUT2D eigenvalue weighted by molar-refractivity contribution is 0.0625. The molecule has 122 valence electrons. The Morgan fingerprint density at radius 2 is 2.09 bits per heavy atom. The molecule has 3 rings (SSSR count). The van der Waals surface area contributed by atoms with Gasteiger partial charge in [-0.2, -0.15) is 0 Å². The van der Waals surface area contributed by atoms with Crippen LogP contribution in [0, 0.1) is 13.8 Å². The molecule has 1 unspecified atom stereocenters. The Morgan fingerprint density at radius 1 is 1.30 bits per heavy atom. The average molecular weight is 313 g/mol. The standard InChI is InChI=1S/C18H23N3O2/c1-12-10-13(2)20-17(12)18(22)21-9-8-19-11-15(21)14-6-4-5-7-16(14)23-3/h4-7,10,15,19-20H,8-9,11H2,1-3H3. The normalized spacial score (nSPS) is 18.0. The van der Waals surface area contributed by atoms with Crippen molar-refractivity contribution in [3.63, 3.8) is 0 Å². The number of para-hydroxylation sites is 1. The van der Waals surface area contributed by atoms with Crippen LogP contribution in [0.4, 0.5) is 0 Å². The zero-order valence-corrected chi connectivity index (χ0v) is 13.8. The summed E-state index contributed by atoms with van der Waals surface area (Å²) in [6.45, 7) is 6.15. The molecule has 1 amide bonds. The minimum atomic E-state index is -0.0320. The lowest BCUT2D eigenvalue weighted by Gasteiger charge is -2.37. The summed E-state index contributed by atoms with van der Waals surface area (Å²) in [5, 5.41) is 3.38. The van der Waals surface area contributed by atoms with E-state index in [9.17, 15) is 4.79 Å². The van der Waals surface area contributed by atoms with Crippen LogP contribution in [0.1, 0.15) is 33.4 Å². The van der Waals surface area contributed by atoms with Crippen LogP contribution < -0.4 is 10.1 Å². The quantitative estimate of drug-likeness (QED) is 0.915. The van der Waals surface area contributed by atoms with Crippen molar-refractivity contribution in [2.75, 3.05) is 26.7 Å². The summed E-state index contributed by atoms with van der Waals surface area (Å²) in [6.07, 6.45) is 0. The van der Waals surface area contributed by atoms with Crippen LogP contribution in [0.3, 0.4) is 0 Å². The van der Waals surface area contributed by atoms with E-state index in [1.165, 1.54) is 0 Å². The molecule has 1 aromatic heterocycles. The molecule has 1 atom stereocenters. The minimum Gasteiger partial charge on any atom is -0.496 e. The third kappa shape index (κ3) is 2.97. The Hall–Kier alpha value is -2.27. The molecule has 0 radical (unpaired) electrons. The van der Waals surface area contributed by atoms with Gasteiger partial charge in [-0.1, -0.05) is 18.2 Å². The van der Waals surface area contributed by atoms with Gasteiger partial charge in [0.25, 0.3) is 5.91 Å². The molecular weight excluding hydrogens is 290 g/mol. The topological polar surface area (TPSA) is 57.4 Å². The maximum Gasteiger partial charge on any atom is 0.271 e. The van der Waals surface area contributed by atoms with Crippen LogP contribution in [0.15, 0.2) is 30.3 Å². The second-order valence-corrected chi connectivity index (χ2v) is 5.97. The van der Waals surface area contributed by atoms with Crippen LogP contribution in [0.2, 0.25) is 0 Å². The number of benzene rings is 1. The molecule has 2 N–H and O–H groups in total. The molecule has 23 heavy (non-hydrogen) atoms. The smallest absolute Gasteiger partial charge is 0.271 e. The van der Waals surface area contributed by atoms with Gasteiger partial charge < -0.3 is 19.9 Å². The fraction of sp³-hybridized carbons (Fsp3) is 0.389. The van der Waals surface area contributed by atoms with Crippen LogP contribution in [-0.2, 0) is 0 Å². The van der Waals surface area contributed by atoms with E-state index in [1.54, 1.807) is 7.11 Å². The number of hydrogen-bond donors (Lipinski definition) is 2. The number of carbonyl (C=O) groups excluding carboxylic acids is 1. The number of aromatic nitrogens is 1. The predicted octanol–water partition coefficient (Wildman–Crippen LogP) is 2.43. The molecule has 2 aromatic rings. The van der Waals surface area contributed by atoms with E-state index < -0.39 is 0 Å². The van der Waals surface area contributed by atoms with E-state index in [0.29, 0.717) is 12.2 Å². The van der Waals surface area contributed by atoms with Crippen molar-refractivity contribution in [2.45, 2.75) is 19.9 Å². The second kappa shape index (κ2) is 6.46. The van der Waals surface area contributed by atoms with E-state index in [0.717, 1.165) is 35.7 Å². The largest absolute Gasteiger partial charge is 0.496 e. The molecule has 1 aliphatic heterocycles. The van der Waals surface area contributed by atoms with Crippen molar-refractivity contribution in [1.82, 2.24) is 15.2 Å². The molecule has 0 bridgehead atoms. The number of ether oxygens (including phenoxy) is 1. The van der Waals surface area contributed by atoms with Crippen molar-refractivity contribution in [2.24, 2.45) is 0 Å². The predicted molar refractivity (Wildman–Crippen MR) is 89.9 cm³/mol. The first-order chi connectivity index (χ1) is 11.1. The minimum absolute atomic E-state index is 0.0320. The number of nitrogens with zero attached hydrogens (tertiary/aromatic N) is 1. The van der Waals surface area contributed by atoms with Gasteiger partial charge in [0.05, 0.1) is 13.2 Å². The third-order valence-corrected chi connectivity index (χ3v) is 4.37. The summed E-state index contributed by atoms with van der Waals surface area (Å²) in [5.74, 6) is 0.867. The highest BCUT2D eigenvalue weighted by atomic mass is 16.5. The number of methoxy groups -OCH3 is 1. The fourth-order valence-electron chi connectivity index (χ4n) is 3.26. The van der Waals surface area contributed by atoms with Gasteiger partial charge in [-0.3, -0.25) is 4.79 Å². The Morgan fingerprint density at radius 3 is 2.78 bits per heavy atom. The number of aromatic amines is 1. The number of rotatable bonds is 3. The van der Waals surface area contributed by atoms with Crippen molar-refractivity contribution in [3.05, 3.63) is 52.8 Å². The number of nitrogens with one attached hydrogen (secondary N) is 2. The van der Waals surface area contributed by atoms with Gasteiger partial charge in [-0.05, 0) is 31.5 Å². The summed E-state index contributed by atoms with van der Waals surface area (Å²) < 4.78 is 5.49. The number of hydrogen-bond acceptors (Lipinski definition) is 3.